The van der Waals surface area contributed by atoms with Crippen molar-refractivity contribution in [2.24, 2.45) is 0 Å². The molecule has 7 heteroatoms. The summed E-state index contributed by atoms with van der Waals surface area (Å²) in [5.41, 5.74) is 4.29. The Balaban J connectivity index is 1.82. The molecule has 1 aromatic heterocycles. The Kier molecular flexibility index (Phi) is 5.20. The van der Waals surface area contributed by atoms with E-state index in [4.69, 9.17) is 0 Å². The predicted molar refractivity (Wildman–Crippen MR) is 131 cm³/mol. The van der Waals surface area contributed by atoms with Gasteiger partial charge in [-0.1, -0.05) is 49.0 Å². The zero-order chi connectivity index (χ0) is 24.1. The summed E-state index contributed by atoms with van der Waals surface area (Å²) in [6.07, 6.45) is 3.06. The van der Waals surface area contributed by atoms with E-state index in [0.717, 1.165) is 35.1 Å². The number of carbonyl (C=O) groups is 1. The monoisotopic (exact) mass is 457 g/mol. The molecule has 2 heterocycles. The highest BCUT2D eigenvalue weighted by Gasteiger charge is 2.39. The van der Waals surface area contributed by atoms with Crippen molar-refractivity contribution in [3.8, 4) is 5.75 Å². The molecule has 0 fully saturated rings. The summed E-state index contributed by atoms with van der Waals surface area (Å²) in [5.74, 6) is -0.926. The van der Waals surface area contributed by atoms with Crippen LogP contribution < -0.4 is 10.4 Å². The van der Waals surface area contributed by atoms with Gasteiger partial charge in [0.1, 0.15) is 12.4 Å². The Morgan fingerprint density at radius 2 is 1.76 bits per heavy atom. The van der Waals surface area contributed by atoms with Crippen molar-refractivity contribution < 1.29 is 15.0 Å². The van der Waals surface area contributed by atoms with Crippen molar-refractivity contribution in [3.05, 3.63) is 105 Å². The fourth-order valence-electron chi connectivity index (χ4n) is 5.15. The predicted octanol–water partition coefficient (Wildman–Crippen LogP) is 3.73. The molecule has 0 saturated heterocycles. The van der Waals surface area contributed by atoms with Crippen molar-refractivity contribution in [2.45, 2.75) is 38.8 Å². The van der Waals surface area contributed by atoms with Crippen LogP contribution in [-0.2, 0) is 12.8 Å². The topological polar surface area (TPSA) is 86.0 Å². The quantitative estimate of drug-likeness (QED) is 0.586. The number of aliphatic hydroxyl groups excluding tert-OH is 1. The summed E-state index contributed by atoms with van der Waals surface area (Å²) in [4.78, 5) is 27.2. The first-order valence-corrected chi connectivity index (χ1v) is 11.4. The van der Waals surface area contributed by atoms with Gasteiger partial charge in [0.05, 0.1) is 6.04 Å². The van der Waals surface area contributed by atoms with Gasteiger partial charge in [0.15, 0.2) is 11.4 Å². The Morgan fingerprint density at radius 3 is 2.50 bits per heavy atom. The molecule has 0 bridgehead atoms. The molecule has 1 aliphatic carbocycles. The lowest BCUT2D eigenvalue weighted by atomic mass is 9.91. The Hall–Kier alpha value is -4.00. The van der Waals surface area contributed by atoms with Gasteiger partial charge in [0.25, 0.3) is 5.91 Å². The second kappa shape index (κ2) is 8.09. The van der Waals surface area contributed by atoms with E-state index in [-0.39, 0.29) is 36.1 Å². The molecule has 0 saturated carbocycles. The molecule has 7 nitrogen and oxygen atoms in total. The van der Waals surface area contributed by atoms with Crippen molar-refractivity contribution in [1.29, 1.82) is 0 Å². The van der Waals surface area contributed by atoms with E-state index < -0.39 is 11.2 Å². The fraction of sp³-hybridized carbons (Fsp3) is 0.259. The highest BCUT2D eigenvalue weighted by Crippen LogP contribution is 2.40. The third kappa shape index (κ3) is 3.27. The van der Waals surface area contributed by atoms with E-state index in [0.29, 0.717) is 5.56 Å². The molecular weight excluding hydrogens is 430 g/mol. The lowest BCUT2D eigenvalue weighted by Crippen LogP contribution is -2.57. The van der Waals surface area contributed by atoms with Crippen LogP contribution in [0, 0.1) is 0 Å². The van der Waals surface area contributed by atoms with E-state index in [9.17, 15) is 19.8 Å². The average Bonchev–Trinajstić information content (AvgIpc) is 2.98. The zero-order valence-corrected chi connectivity index (χ0v) is 19.2. The summed E-state index contributed by atoms with van der Waals surface area (Å²) < 4.78 is 1.61. The van der Waals surface area contributed by atoms with Crippen molar-refractivity contribution in [3.63, 3.8) is 0 Å². The zero-order valence-electron chi connectivity index (χ0n) is 19.2. The minimum absolute atomic E-state index is 0.0147. The van der Waals surface area contributed by atoms with Gasteiger partial charge in [0.2, 0.25) is 5.43 Å². The third-order valence-electron chi connectivity index (χ3n) is 6.82. The number of nitrogens with zero attached hydrogens (tertiary/aromatic N) is 3. The highest BCUT2D eigenvalue weighted by molar-refractivity contribution is 5.96. The molecule has 5 rings (SSSR count). The number of fused-ring (bicyclic) bond motifs is 3. The third-order valence-corrected chi connectivity index (χ3v) is 6.82. The van der Waals surface area contributed by atoms with Gasteiger partial charge in [-0.15, -0.1) is 0 Å². The Bertz CT molecular complexity index is 1370. The fourth-order valence-corrected chi connectivity index (χ4v) is 5.15. The SMILES string of the molecule is C=C(O)c1cccc2c1CCc1ccccc1C2N1CN(C(C)C)C(=O)c2c(O)c(=O)ccn21. The Labute approximate surface area is 197 Å². The van der Waals surface area contributed by atoms with E-state index in [1.807, 2.05) is 49.2 Å². The van der Waals surface area contributed by atoms with Crippen molar-refractivity contribution in [2.75, 3.05) is 11.7 Å². The van der Waals surface area contributed by atoms with Crippen LogP contribution in [0.3, 0.4) is 0 Å². The molecular formula is C27H27N3O4. The van der Waals surface area contributed by atoms with Gasteiger partial charge in [0, 0.05) is 23.9 Å². The first-order valence-electron chi connectivity index (χ1n) is 11.4. The number of aliphatic hydroxyl groups is 1. The molecule has 34 heavy (non-hydrogen) atoms. The maximum atomic E-state index is 13.3. The number of aromatic nitrogens is 1. The standard InChI is InChI=1S/C27H27N3O4/c1-16(2)28-15-30(29-14-13-23(32)26(33)25(29)27(28)34)24-20-8-5-4-7-18(20)11-12-21-19(17(3)31)9-6-10-22(21)24/h4-10,13-14,16,24,31,33H,3,11-12,15H2,1-2H3. The normalized spacial score (nSPS) is 17.1. The second-order valence-corrected chi connectivity index (χ2v) is 9.09. The number of benzene rings is 2. The highest BCUT2D eigenvalue weighted by atomic mass is 16.3. The number of pyridine rings is 1. The number of hydrogen-bond donors (Lipinski definition) is 2. The van der Waals surface area contributed by atoms with Crippen LogP contribution in [0.5, 0.6) is 5.75 Å². The lowest BCUT2D eigenvalue weighted by Gasteiger charge is -2.45. The molecule has 3 aromatic rings. The maximum absolute atomic E-state index is 13.3. The summed E-state index contributed by atoms with van der Waals surface area (Å²) in [6.45, 7) is 7.85. The van der Waals surface area contributed by atoms with Crippen LogP contribution in [0.4, 0.5) is 0 Å². The summed E-state index contributed by atoms with van der Waals surface area (Å²) in [7, 11) is 0. The number of rotatable bonds is 3. The molecule has 0 radical (unpaired) electrons. The molecule has 2 aliphatic rings. The van der Waals surface area contributed by atoms with Gasteiger partial charge >= 0.3 is 0 Å². The summed E-state index contributed by atoms with van der Waals surface area (Å²) >= 11 is 0. The van der Waals surface area contributed by atoms with E-state index in [1.54, 1.807) is 15.8 Å². The molecule has 2 aromatic carbocycles. The van der Waals surface area contributed by atoms with Gasteiger partial charge < -0.3 is 15.1 Å². The number of amides is 1. The minimum atomic E-state index is -0.592. The van der Waals surface area contributed by atoms with Crippen molar-refractivity contribution in [1.82, 2.24) is 9.58 Å². The number of carbonyl (C=O) groups excluding carboxylic acids is 1. The van der Waals surface area contributed by atoms with Gasteiger partial charge in [-0.2, -0.15) is 0 Å². The molecule has 1 unspecified atom stereocenters. The molecule has 174 valence electrons. The van der Waals surface area contributed by atoms with E-state index >= 15 is 0 Å². The molecule has 0 spiro atoms. The second-order valence-electron chi connectivity index (χ2n) is 9.09. The average molecular weight is 458 g/mol. The number of aromatic hydroxyl groups is 1. The van der Waals surface area contributed by atoms with E-state index in [2.05, 4.69) is 18.7 Å². The smallest absolute Gasteiger partial charge is 0.278 e. The summed E-state index contributed by atoms with van der Waals surface area (Å²) in [6, 6.07) is 14.8. The van der Waals surface area contributed by atoms with Crippen molar-refractivity contribution >= 4 is 11.7 Å². The van der Waals surface area contributed by atoms with Crippen LogP contribution in [0.25, 0.3) is 5.76 Å². The van der Waals surface area contributed by atoms with Crippen LogP contribution in [0.1, 0.15) is 58.2 Å². The van der Waals surface area contributed by atoms with Gasteiger partial charge in [-0.25, -0.2) is 0 Å². The number of hydrogen-bond acceptors (Lipinski definition) is 5. The molecule has 2 N–H and O–H groups in total. The first kappa shape index (κ1) is 21.8. The van der Waals surface area contributed by atoms with Crippen LogP contribution >= 0.6 is 0 Å². The molecule has 1 atom stereocenters. The minimum Gasteiger partial charge on any atom is -0.508 e. The maximum Gasteiger partial charge on any atom is 0.278 e. The lowest BCUT2D eigenvalue weighted by molar-refractivity contribution is 0.0621. The van der Waals surface area contributed by atoms with Crippen LogP contribution in [0.15, 0.2) is 66.1 Å². The van der Waals surface area contributed by atoms with E-state index in [1.165, 1.54) is 6.07 Å². The summed E-state index contributed by atoms with van der Waals surface area (Å²) in [5, 5.41) is 23.0. The number of aryl methyl sites for hydroxylation is 1. The first-order chi connectivity index (χ1) is 16.3. The van der Waals surface area contributed by atoms with Gasteiger partial charge in [-0.3, -0.25) is 19.3 Å². The van der Waals surface area contributed by atoms with Crippen LogP contribution in [-0.4, -0.2) is 38.4 Å². The van der Waals surface area contributed by atoms with Gasteiger partial charge in [-0.05, 0) is 48.9 Å². The molecule has 1 amide bonds. The van der Waals surface area contributed by atoms with Crippen LogP contribution in [0.2, 0.25) is 0 Å². The largest absolute Gasteiger partial charge is 0.508 e. The molecule has 1 aliphatic heterocycles. The Morgan fingerprint density at radius 1 is 1.03 bits per heavy atom.